The second-order valence-corrected chi connectivity index (χ2v) is 3.17. The van der Waals surface area contributed by atoms with Crippen molar-refractivity contribution in [3.63, 3.8) is 0 Å². The van der Waals surface area contributed by atoms with Crippen LogP contribution in [0.4, 0.5) is 13.2 Å². The summed E-state index contributed by atoms with van der Waals surface area (Å²) in [6, 6.07) is 0. The van der Waals surface area contributed by atoms with Gasteiger partial charge in [0.25, 0.3) is 0 Å². The van der Waals surface area contributed by atoms with Crippen molar-refractivity contribution in [1.29, 1.82) is 0 Å². The van der Waals surface area contributed by atoms with Crippen LogP contribution in [0.15, 0.2) is 0 Å². The molecule has 0 heterocycles. The Labute approximate surface area is 87.4 Å². The van der Waals surface area contributed by atoms with E-state index in [1.165, 1.54) is 0 Å². The number of carbonyl (C=O) groups is 1. The van der Waals surface area contributed by atoms with Gasteiger partial charge in [-0.15, -0.1) is 0 Å². The largest absolute Gasteiger partial charge is 0.389 e. The monoisotopic (exact) mass is 226 g/mol. The molecule has 0 bridgehead atoms. The quantitative estimate of drug-likeness (QED) is 0.645. The predicted octanol–water partition coefficient (Wildman–Crippen LogP) is 1.44. The Morgan fingerprint density at radius 3 is 2.47 bits per heavy atom. The number of hydrogen-bond acceptors (Lipinski definition) is 2. The predicted molar refractivity (Wildman–Crippen MR) is 51.5 cm³/mol. The molecule has 1 amide bonds. The average molecular weight is 226 g/mol. The molecule has 15 heavy (non-hydrogen) atoms. The number of nitrogens with one attached hydrogen (secondary N) is 2. The number of amides is 1. The molecule has 2 N–H and O–H groups in total. The van der Waals surface area contributed by atoms with Crippen LogP contribution in [0.2, 0.25) is 0 Å². The van der Waals surface area contributed by atoms with Gasteiger partial charge in [-0.2, -0.15) is 13.2 Å². The molecule has 0 aromatic carbocycles. The van der Waals surface area contributed by atoms with Crippen molar-refractivity contribution in [1.82, 2.24) is 10.6 Å². The lowest BCUT2D eigenvalue weighted by Gasteiger charge is -2.07. The van der Waals surface area contributed by atoms with Crippen LogP contribution in [-0.2, 0) is 4.79 Å². The summed E-state index contributed by atoms with van der Waals surface area (Å²) in [6.07, 6.45) is -4.50. The van der Waals surface area contributed by atoms with E-state index < -0.39 is 12.6 Å². The van der Waals surface area contributed by atoms with Gasteiger partial charge in [0.15, 0.2) is 0 Å². The fourth-order valence-corrected chi connectivity index (χ4v) is 1.03. The Morgan fingerprint density at radius 1 is 1.27 bits per heavy atom. The zero-order valence-corrected chi connectivity index (χ0v) is 8.78. The maximum atomic E-state index is 11.7. The molecule has 0 fully saturated rings. The molecule has 0 aliphatic heterocycles. The highest BCUT2D eigenvalue weighted by Crippen LogP contribution is 2.20. The van der Waals surface area contributed by atoms with Gasteiger partial charge < -0.3 is 10.6 Å². The van der Waals surface area contributed by atoms with Crippen LogP contribution >= 0.6 is 0 Å². The van der Waals surface area contributed by atoms with E-state index in [0.717, 1.165) is 0 Å². The second kappa shape index (κ2) is 7.50. The fourth-order valence-electron chi connectivity index (χ4n) is 1.03. The van der Waals surface area contributed by atoms with Gasteiger partial charge in [0.1, 0.15) is 0 Å². The molecular weight excluding hydrogens is 209 g/mol. The molecule has 0 saturated carbocycles. The van der Waals surface area contributed by atoms with E-state index in [0.29, 0.717) is 26.1 Å². The minimum atomic E-state index is -4.08. The lowest BCUT2D eigenvalue weighted by Crippen LogP contribution is -2.28. The zero-order valence-electron chi connectivity index (χ0n) is 8.78. The minimum absolute atomic E-state index is 0.0545. The molecule has 0 unspecified atom stereocenters. The maximum Gasteiger partial charge on any atom is 0.389 e. The van der Waals surface area contributed by atoms with Crippen molar-refractivity contribution in [2.75, 3.05) is 19.6 Å². The molecular formula is C9H17F3N2O. The van der Waals surface area contributed by atoms with Crippen molar-refractivity contribution in [3.8, 4) is 0 Å². The molecule has 0 aromatic heterocycles. The van der Waals surface area contributed by atoms with E-state index in [1.54, 1.807) is 0 Å². The Morgan fingerprint density at radius 2 is 1.93 bits per heavy atom. The normalized spacial score (nSPS) is 11.5. The summed E-state index contributed by atoms with van der Waals surface area (Å²) in [5.74, 6) is -0.0826. The highest BCUT2D eigenvalue weighted by Gasteiger charge is 2.25. The highest BCUT2D eigenvalue weighted by molar-refractivity contribution is 5.75. The van der Waals surface area contributed by atoms with Gasteiger partial charge in [-0.3, -0.25) is 4.79 Å². The third kappa shape index (κ3) is 11.1. The summed E-state index contributed by atoms with van der Waals surface area (Å²) in [4.78, 5) is 10.9. The Bertz CT molecular complexity index is 183. The summed E-state index contributed by atoms with van der Waals surface area (Å²) in [5.41, 5.74) is 0. The fraction of sp³-hybridized carbons (Fsp3) is 0.889. The minimum Gasteiger partial charge on any atom is -0.356 e. The van der Waals surface area contributed by atoms with E-state index in [9.17, 15) is 18.0 Å². The summed E-state index contributed by atoms with van der Waals surface area (Å²) in [6.45, 7) is 3.10. The van der Waals surface area contributed by atoms with Gasteiger partial charge in [-0.25, -0.2) is 0 Å². The molecule has 0 aliphatic carbocycles. The second-order valence-electron chi connectivity index (χ2n) is 3.17. The summed E-state index contributed by atoms with van der Waals surface area (Å²) in [5, 5.41) is 5.39. The molecule has 0 atom stereocenters. The smallest absolute Gasteiger partial charge is 0.356 e. The molecule has 0 aromatic rings. The van der Waals surface area contributed by atoms with Crippen LogP contribution < -0.4 is 10.6 Å². The van der Waals surface area contributed by atoms with Crippen LogP contribution in [0.25, 0.3) is 0 Å². The van der Waals surface area contributed by atoms with Crippen LogP contribution in [-0.4, -0.2) is 31.7 Å². The first-order valence-electron chi connectivity index (χ1n) is 5.00. The van der Waals surface area contributed by atoms with E-state index >= 15 is 0 Å². The van der Waals surface area contributed by atoms with E-state index in [4.69, 9.17) is 0 Å². The van der Waals surface area contributed by atoms with E-state index in [-0.39, 0.29) is 12.3 Å². The van der Waals surface area contributed by atoms with Crippen molar-refractivity contribution in [3.05, 3.63) is 0 Å². The molecule has 90 valence electrons. The number of carbonyl (C=O) groups excluding carboxylic acids is 1. The highest BCUT2D eigenvalue weighted by atomic mass is 19.4. The average Bonchev–Trinajstić information content (AvgIpc) is 2.09. The van der Waals surface area contributed by atoms with Crippen molar-refractivity contribution in [2.45, 2.75) is 32.4 Å². The molecule has 3 nitrogen and oxygen atoms in total. The van der Waals surface area contributed by atoms with Gasteiger partial charge in [0.2, 0.25) is 5.91 Å². The summed E-state index contributed by atoms with van der Waals surface area (Å²) < 4.78 is 35.1. The van der Waals surface area contributed by atoms with Gasteiger partial charge in [0, 0.05) is 25.9 Å². The van der Waals surface area contributed by atoms with Gasteiger partial charge >= 0.3 is 6.18 Å². The van der Waals surface area contributed by atoms with Crippen molar-refractivity contribution < 1.29 is 18.0 Å². The molecule has 0 spiro atoms. The van der Waals surface area contributed by atoms with Crippen LogP contribution in [0, 0.1) is 0 Å². The van der Waals surface area contributed by atoms with Crippen LogP contribution in [0.3, 0.4) is 0 Å². The molecule has 6 heteroatoms. The van der Waals surface area contributed by atoms with E-state index in [1.807, 2.05) is 6.92 Å². The van der Waals surface area contributed by atoms with Crippen LogP contribution in [0.5, 0.6) is 0 Å². The SMILES string of the molecule is CCNC(=O)CCNCCCC(F)(F)F. The number of alkyl halides is 3. The Balaban J connectivity index is 3.22. The standard InChI is InChI=1S/C9H17F3N2O/c1-2-14-8(15)4-7-13-6-3-5-9(10,11)12/h13H,2-7H2,1H3,(H,14,15). The third-order valence-electron chi connectivity index (χ3n) is 1.72. The van der Waals surface area contributed by atoms with Gasteiger partial charge in [-0.1, -0.05) is 0 Å². The van der Waals surface area contributed by atoms with E-state index in [2.05, 4.69) is 10.6 Å². The number of halogens is 3. The molecule has 0 rings (SSSR count). The summed E-state index contributed by atoms with van der Waals surface area (Å²) in [7, 11) is 0. The maximum absolute atomic E-state index is 11.7. The summed E-state index contributed by atoms with van der Waals surface area (Å²) >= 11 is 0. The Hall–Kier alpha value is -0.780. The number of rotatable bonds is 7. The molecule has 0 saturated heterocycles. The lowest BCUT2D eigenvalue weighted by molar-refractivity contribution is -0.135. The first-order valence-corrected chi connectivity index (χ1v) is 5.00. The van der Waals surface area contributed by atoms with Gasteiger partial charge in [0.05, 0.1) is 0 Å². The lowest BCUT2D eigenvalue weighted by atomic mass is 10.3. The van der Waals surface area contributed by atoms with Gasteiger partial charge in [-0.05, 0) is 19.9 Å². The first kappa shape index (κ1) is 14.2. The Kier molecular flexibility index (Phi) is 7.11. The molecule has 0 radical (unpaired) electrons. The van der Waals surface area contributed by atoms with Crippen molar-refractivity contribution >= 4 is 5.91 Å². The first-order chi connectivity index (χ1) is 6.95. The van der Waals surface area contributed by atoms with Crippen LogP contribution in [0.1, 0.15) is 26.2 Å². The zero-order chi connectivity index (χ0) is 11.7. The molecule has 0 aliphatic rings. The van der Waals surface area contributed by atoms with Crippen molar-refractivity contribution in [2.24, 2.45) is 0 Å². The number of hydrogen-bond donors (Lipinski definition) is 2. The topological polar surface area (TPSA) is 41.1 Å². The third-order valence-corrected chi connectivity index (χ3v) is 1.72.